The Hall–Kier alpha value is -1.64. The molecule has 0 fully saturated rings. The number of methoxy groups -OCH3 is 2. The maximum absolute atomic E-state index is 11.7. The van der Waals surface area contributed by atoms with E-state index in [2.05, 4.69) is 5.32 Å². The summed E-state index contributed by atoms with van der Waals surface area (Å²) in [5.41, 5.74) is 0.538. The van der Waals surface area contributed by atoms with E-state index in [0.717, 1.165) is 0 Å². The van der Waals surface area contributed by atoms with Crippen LogP contribution in [0.25, 0.3) is 0 Å². The van der Waals surface area contributed by atoms with Crippen LogP contribution in [0.2, 0.25) is 0 Å². The number of amides is 1. The van der Waals surface area contributed by atoms with E-state index < -0.39 is 16.3 Å². The molecule has 108 valence electrons. The molecular weight excluding hydrogens is 303 g/mol. The van der Waals surface area contributed by atoms with Crippen LogP contribution in [0.5, 0.6) is 11.5 Å². The maximum atomic E-state index is 11.7. The molecule has 0 heterocycles. The third-order valence-electron chi connectivity index (χ3n) is 2.54. The predicted molar refractivity (Wildman–Crippen MR) is 76.2 cm³/mol. The minimum Gasteiger partial charge on any atom is -0.493 e. The molecule has 0 aromatic heterocycles. The largest absolute Gasteiger partial charge is 0.493 e. The number of nitrogens with zero attached hydrogens (tertiary/aromatic N) is 1. The molecule has 1 unspecified atom stereocenters. The normalized spacial score (nSPS) is 12.2. The molecule has 0 bridgehead atoms. The Labute approximate surface area is 127 Å². The molecule has 1 atom stereocenters. The lowest BCUT2D eigenvalue weighted by Gasteiger charge is -2.18. The highest BCUT2D eigenvalue weighted by Crippen LogP contribution is 2.30. The number of hydrogen-bond donors (Lipinski definition) is 1. The molecule has 7 heteroatoms. The molecule has 1 N–H and O–H groups in total. The fourth-order valence-corrected chi connectivity index (χ4v) is 1.59. The number of nitrogens with one attached hydrogen (secondary N) is 1. The molecule has 5 nitrogen and oxygen atoms in total. The van der Waals surface area contributed by atoms with Gasteiger partial charge in [-0.2, -0.15) is 5.26 Å². The van der Waals surface area contributed by atoms with E-state index in [9.17, 15) is 4.79 Å². The fraction of sp³-hybridized carbons (Fsp3) is 0.385. The van der Waals surface area contributed by atoms with Crippen LogP contribution in [0, 0.1) is 11.3 Å². The standard InChI is InChI=1S/C13H14Cl2N2O3/c1-13(14,15)12(18)17-9(7-16)8-4-5-10(19-2)11(6-8)20-3/h4-6,9H,1-3H3,(H,17,18). The quantitative estimate of drug-likeness (QED) is 0.847. The van der Waals surface area contributed by atoms with E-state index >= 15 is 0 Å². The molecule has 1 rings (SSSR count). The first-order chi connectivity index (χ1) is 9.33. The lowest BCUT2D eigenvalue weighted by atomic mass is 10.1. The number of alkyl halides is 2. The number of carbonyl (C=O) groups excluding carboxylic acids is 1. The van der Waals surface area contributed by atoms with Crippen LogP contribution in [-0.2, 0) is 4.79 Å². The summed E-state index contributed by atoms with van der Waals surface area (Å²) in [5.74, 6) is 0.333. The Morgan fingerprint density at radius 1 is 1.35 bits per heavy atom. The summed E-state index contributed by atoms with van der Waals surface area (Å²) < 4.78 is 8.64. The van der Waals surface area contributed by atoms with Crippen molar-refractivity contribution < 1.29 is 14.3 Å². The first kappa shape index (κ1) is 16.4. The molecular formula is C13H14Cl2N2O3. The number of rotatable bonds is 5. The second-order valence-corrected chi connectivity index (χ2v) is 5.74. The second-order valence-electron chi connectivity index (χ2n) is 4.04. The monoisotopic (exact) mass is 316 g/mol. The molecule has 0 saturated heterocycles. The zero-order chi connectivity index (χ0) is 15.3. The van der Waals surface area contributed by atoms with Crippen molar-refractivity contribution in [3.8, 4) is 17.6 Å². The summed E-state index contributed by atoms with van der Waals surface area (Å²) in [6, 6.07) is 5.97. The van der Waals surface area contributed by atoms with Crippen LogP contribution >= 0.6 is 23.2 Å². The van der Waals surface area contributed by atoms with Crippen LogP contribution < -0.4 is 14.8 Å². The molecule has 0 aliphatic rings. The molecule has 0 saturated carbocycles. The van der Waals surface area contributed by atoms with E-state index in [1.807, 2.05) is 6.07 Å². The summed E-state index contributed by atoms with van der Waals surface area (Å²) in [5, 5.41) is 11.6. The first-order valence-electron chi connectivity index (χ1n) is 5.63. The molecule has 1 aromatic rings. The predicted octanol–water partition coefficient (Wildman–Crippen LogP) is 2.58. The van der Waals surface area contributed by atoms with Gasteiger partial charge in [0.25, 0.3) is 5.91 Å². The summed E-state index contributed by atoms with van der Waals surface area (Å²) in [7, 11) is 2.99. The van der Waals surface area contributed by atoms with Gasteiger partial charge < -0.3 is 14.8 Å². The van der Waals surface area contributed by atoms with Crippen molar-refractivity contribution in [3.05, 3.63) is 23.8 Å². The van der Waals surface area contributed by atoms with E-state index in [-0.39, 0.29) is 0 Å². The highest BCUT2D eigenvalue weighted by Gasteiger charge is 2.29. The number of halogens is 2. The summed E-state index contributed by atoms with van der Waals surface area (Å²) in [4.78, 5) is 11.7. The van der Waals surface area contributed by atoms with Gasteiger partial charge in [-0.15, -0.1) is 0 Å². The van der Waals surface area contributed by atoms with Crippen LogP contribution in [0.3, 0.4) is 0 Å². The van der Waals surface area contributed by atoms with Gasteiger partial charge in [-0.05, 0) is 24.6 Å². The summed E-state index contributed by atoms with van der Waals surface area (Å²) >= 11 is 11.4. The topological polar surface area (TPSA) is 71.3 Å². The van der Waals surface area contributed by atoms with E-state index in [1.54, 1.807) is 18.2 Å². The zero-order valence-electron chi connectivity index (χ0n) is 11.2. The van der Waals surface area contributed by atoms with E-state index in [0.29, 0.717) is 17.1 Å². The van der Waals surface area contributed by atoms with Gasteiger partial charge in [-0.25, -0.2) is 0 Å². The van der Waals surface area contributed by atoms with Crippen molar-refractivity contribution in [3.63, 3.8) is 0 Å². The second kappa shape index (κ2) is 6.69. The van der Waals surface area contributed by atoms with Gasteiger partial charge in [0.2, 0.25) is 0 Å². The zero-order valence-corrected chi connectivity index (χ0v) is 12.7. The highest BCUT2D eigenvalue weighted by atomic mass is 35.5. The van der Waals surface area contributed by atoms with Gasteiger partial charge >= 0.3 is 0 Å². The number of nitriles is 1. The molecule has 0 radical (unpaired) electrons. The van der Waals surface area contributed by atoms with Gasteiger partial charge in [0.15, 0.2) is 15.8 Å². The smallest absolute Gasteiger partial charge is 0.257 e. The Bertz CT molecular complexity index is 535. The van der Waals surface area contributed by atoms with Crippen molar-refractivity contribution in [2.24, 2.45) is 0 Å². The van der Waals surface area contributed by atoms with Crippen LogP contribution in [-0.4, -0.2) is 24.5 Å². The average Bonchev–Trinajstić information content (AvgIpc) is 2.42. The summed E-state index contributed by atoms with van der Waals surface area (Å²) in [6.45, 7) is 1.33. The SMILES string of the molecule is COc1ccc(C(C#N)NC(=O)C(C)(Cl)Cl)cc1OC. The fourth-order valence-electron chi connectivity index (χ4n) is 1.48. The molecule has 1 aromatic carbocycles. The van der Waals surface area contributed by atoms with Gasteiger partial charge in [-0.1, -0.05) is 29.3 Å². The van der Waals surface area contributed by atoms with Crippen LogP contribution in [0.1, 0.15) is 18.5 Å². The Kier molecular flexibility index (Phi) is 5.49. The Morgan fingerprint density at radius 3 is 2.40 bits per heavy atom. The number of ether oxygens (including phenoxy) is 2. The third kappa shape index (κ3) is 3.92. The number of hydrogen-bond acceptors (Lipinski definition) is 4. The number of carbonyl (C=O) groups is 1. The van der Waals surface area contributed by atoms with E-state index in [4.69, 9.17) is 37.9 Å². The van der Waals surface area contributed by atoms with Gasteiger partial charge in [0, 0.05) is 0 Å². The number of benzene rings is 1. The molecule has 1 amide bonds. The lowest BCUT2D eigenvalue weighted by molar-refractivity contribution is -0.121. The van der Waals surface area contributed by atoms with Gasteiger partial charge in [0.05, 0.1) is 20.3 Å². The molecule has 0 spiro atoms. The Morgan fingerprint density at radius 2 is 1.95 bits per heavy atom. The minimum atomic E-state index is -1.61. The first-order valence-corrected chi connectivity index (χ1v) is 6.39. The average molecular weight is 317 g/mol. The maximum Gasteiger partial charge on any atom is 0.257 e. The Balaban J connectivity index is 3.02. The molecule has 0 aliphatic carbocycles. The van der Waals surface area contributed by atoms with Gasteiger partial charge in [-0.3, -0.25) is 4.79 Å². The highest BCUT2D eigenvalue weighted by molar-refractivity contribution is 6.57. The van der Waals surface area contributed by atoms with Crippen molar-refractivity contribution >= 4 is 29.1 Å². The molecule has 20 heavy (non-hydrogen) atoms. The van der Waals surface area contributed by atoms with Crippen LogP contribution in [0.15, 0.2) is 18.2 Å². The lowest BCUT2D eigenvalue weighted by Crippen LogP contribution is -2.38. The van der Waals surface area contributed by atoms with Crippen molar-refractivity contribution in [1.82, 2.24) is 5.32 Å². The van der Waals surface area contributed by atoms with Crippen LogP contribution in [0.4, 0.5) is 0 Å². The molecule has 0 aliphatic heterocycles. The van der Waals surface area contributed by atoms with Crippen molar-refractivity contribution in [2.45, 2.75) is 17.3 Å². The minimum absolute atomic E-state index is 0.457. The third-order valence-corrected chi connectivity index (χ3v) is 2.89. The summed E-state index contributed by atoms with van der Waals surface area (Å²) in [6.07, 6.45) is 0. The van der Waals surface area contributed by atoms with Crippen molar-refractivity contribution in [2.75, 3.05) is 14.2 Å². The van der Waals surface area contributed by atoms with Gasteiger partial charge in [0.1, 0.15) is 6.04 Å². The van der Waals surface area contributed by atoms with E-state index in [1.165, 1.54) is 21.1 Å². The van der Waals surface area contributed by atoms with Crippen molar-refractivity contribution in [1.29, 1.82) is 5.26 Å².